The van der Waals surface area contributed by atoms with E-state index in [2.05, 4.69) is 31.4 Å². The van der Waals surface area contributed by atoms with Crippen molar-refractivity contribution in [2.45, 2.75) is 30.0 Å². The molecule has 0 aliphatic rings. The molecular formula is C19H17BrClN3O4S. The lowest BCUT2D eigenvalue weighted by molar-refractivity contribution is -0.121. The van der Waals surface area contributed by atoms with Crippen LogP contribution in [0, 0.1) is 0 Å². The maximum absolute atomic E-state index is 12.4. The summed E-state index contributed by atoms with van der Waals surface area (Å²) in [5, 5.41) is 6.96. The van der Waals surface area contributed by atoms with Gasteiger partial charge in [-0.05, 0) is 42.0 Å². The lowest BCUT2D eigenvalue weighted by Crippen LogP contribution is -2.23. The Morgan fingerprint density at radius 3 is 2.66 bits per heavy atom. The van der Waals surface area contributed by atoms with Gasteiger partial charge in [0, 0.05) is 28.9 Å². The van der Waals surface area contributed by atoms with E-state index in [1.165, 1.54) is 24.3 Å². The van der Waals surface area contributed by atoms with Crippen molar-refractivity contribution < 1.29 is 17.7 Å². The second-order valence-electron chi connectivity index (χ2n) is 6.22. The number of aryl methyl sites for hydroxylation is 1. The first-order valence-electron chi connectivity index (χ1n) is 8.63. The van der Waals surface area contributed by atoms with Gasteiger partial charge in [-0.3, -0.25) is 4.79 Å². The minimum absolute atomic E-state index is 0.0458. The van der Waals surface area contributed by atoms with Gasteiger partial charge < -0.3 is 9.84 Å². The highest BCUT2D eigenvalue weighted by atomic mass is 79.9. The Kier molecular flexibility index (Phi) is 7.05. The Balaban J connectivity index is 1.51. The third-order valence-corrected chi connectivity index (χ3v) is 6.32. The first kappa shape index (κ1) is 21.5. The second-order valence-corrected chi connectivity index (χ2v) is 9.57. The third kappa shape index (κ3) is 6.38. The number of carbonyl (C=O) groups excluding carboxylic acids is 1. The van der Waals surface area contributed by atoms with Crippen molar-refractivity contribution in [1.29, 1.82) is 0 Å². The topological polar surface area (TPSA) is 102 Å². The lowest BCUT2D eigenvalue weighted by atomic mass is 10.2. The van der Waals surface area contributed by atoms with E-state index in [9.17, 15) is 13.2 Å². The van der Waals surface area contributed by atoms with Crippen molar-refractivity contribution in [3.05, 3.63) is 75.3 Å². The van der Waals surface area contributed by atoms with Crippen LogP contribution in [0.4, 0.5) is 0 Å². The molecule has 3 rings (SSSR count). The van der Waals surface area contributed by atoms with Crippen LogP contribution in [0.5, 0.6) is 0 Å². The molecule has 3 aromatic rings. The van der Waals surface area contributed by atoms with E-state index in [1.807, 2.05) is 24.3 Å². The first-order chi connectivity index (χ1) is 13.8. The highest BCUT2D eigenvalue weighted by Crippen LogP contribution is 2.18. The number of benzene rings is 2. The maximum atomic E-state index is 12.4. The summed E-state index contributed by atoms with van der Waals surface area (Å²) in [5.74, 6) is -0.306. The molecule has 0 unspecified atom stereocenters. The fraction of sp³-hybridized carbons (Fsp3) is 0.211. The lowest BCUT2D eigenvalue weighted by Gasteiger charge is -2.04. The van der Waals surface area contributed by atoms with Gasteiger partial charge >= 0.3 is 0 Å². The summed E-state index contributed by atoms with van der Waals surface area (Å²) in [6.07, 6.45) is 0.373. The minimum atomic E-state index is -3.62. The number of hydrogen-bond acceptors (Lipinski definition) is 6. The fourth-order valence-corrected chi connectivity index (χ4v) is 4.25. The number of carbonyl (C=O) groups is 1. The van der Waals surface area contributed by atoms with E-state index in [1.54, 1.807) is 0 Å². The molecule has 2 aromatic carbocycles. The van der Waals surface area contributed by atoms with Gasteiger partial charge in [0.25, 0.3) is 0 Å². The summed E-state index contributed by atoms with van der Waals surface area (Å²) >= 11 is 9.16. The maximum Gasteiger partial charge on any atom is 0.227 e. The molecule has 0 aliphatic heterocycles. The standard InChI is InChI=1S/C19H17BrClN3O4S/c20-14-3-1-2-13(10-14)11-22-18(25)8-9-19-23-17(24-28-19)12-29(26,27)16-6-4-15(21)5-7-16/h1-7,10H,8-9,11-12H2,(H,22,25). The Hall–Kier alpha value is -2.23. The predicted molar refractivity (Wildman–Crippen MR) is 111 cm³/mol. The summed E-state index contributed by atoms with van der Waals surface area (Å²) in [7, 11) is -3.62. The molecule has 29 heavy (non-hydrogen) atoms. The average Bonchev–Trinajstić information content (AvgIpc) is 3.12. The molecule has 0 bridgehead atoms. The minimum Gasteiger partial charge on any atom is -0.352 e. The summed E-state index contributed by atoms with van der Waals surface area (Å²) in [6.45, 7) is 0.409. The zero-order valence-electron chi connectivity index (χ0n) is 15.1. The number of aromatic nitrogens is 2. The highest BCUT2D eigenvalue weighted by Gasteiger charge is 2.19. The van der Waals surface area contributed by atoms with Crippen LogP contribution in [0.1, 0.15) is 23.7 Å². The summed E-state index contributed by atoms with van der Waals surface area (Å²) in [5.41, 5.74) is 0.972. The van der Waals surface area contributed by atoms with E-state index in [0.29, 0.717) is 11.6 Å². The Labute approximate surface area is 181 Å². The van der Waals surface area contributed by atoms with Gasteiger partial charge in [0.05, 0.1) is 4.90 Å². The van der Waals surface area contributed by atoms with Crippen LogP contribution in [0.15, 0.2) is 62.4 Å². The average molecular weight is 499 g/mol. The predicted octanol–water partition coefficient (Wildman–Crippen LogP) is 3.71. The quantitative estimate of drug-likeness (QED) is 0.508. The van der Waals surface area contributed by atoms with Crippen molar-refractivity contribution in [2.24, 2.45) is 0 Å². The highest BCUT2D eigenvalue weighted by molar-refractivity contribution is 9.10. The van der Waals surface area contributed by atoms with Crippen LogP contribution in [-0.2, 0) is 33.4 Å². The van der Waals surface area contributed by atoms with Gasteiger partial charge in [-0.1, -0.05) is 44.8 Å². The number of rotatable bonds is 8. The number of amides is 1. The number of halogens is 2. The van der Waals surface area contributed by atoms with Gasteiger partial charge in [-0.25, -0.2) is 8.42 Å². The molecular weight excluding hydrogens is 482 g/mol. The zero-order chi connectivity index (χ0) is 20.9. The SMILES string of the molecule is O=C(CCc1nc(CS(=O)(=O)c2ccc(Cl)cc2)no1)NCc1cccc(Br)c1. The van der Waals surface area contributed by atoms with Crippen LogP contribution in [0.2, 0.25) is 5.02 Å². The van der Waals surface area contributed by atoms with Crippen molar-refractivity contribution in [1.82, 2.24) is 15.5 Å². The molecule has 1 amide bonds. The zero-order valence-corrected chi connectivity index (χ0v) is 18.3. The normalized spacial score (nSPS) is 11.4. The van der Waals surface area contributed by atoms with Crippen LogP contribution in [0.3, 0.4) is 0 Å². The van der Waals surface area contributed by atoms with Crippen molar-refractivity contribution in [3.8, 4) is 0 Å². The van der Waals surface area contributed by atoms with Crippen LogP contribution < -0.4 is 5.32 Å². The van der Waals surface area contributed by atoms with Gasteiger partial charge in [0.15, 0.2) is 15.7 Å². The van der Waals surface area contributed by atoms with Gasteiger partial charge in [0.2, 0.25) is 11.8 Å². The summed E-state index contributed by atoms with van der Waals surface area (Å²) < 4.78 is 30.8. The molecule has 7 nitrogen and oxygen atoms in total. The molecule has 0 atom stereocenters. The molecule has 152 valence electrons. The number of hydrogen-bond donors (Lipinski definition) is 1. The first-order valence-corrected chi connectivity index (χ1v) is 11.4. The van der Waals surface area contributed by atoms with Crippen molar-refractivity contribution in [2.75, 3.05) is 0 Å². The van der Waals surface area contributed by atoms with Crippen LogP contribution in [0.25, 0.3) is 0 Å². The molecule has 0 saturated heterocycles. The summed E-state index contributed by atoms with van der Waals surface area (Å²) in [6, 6.07) is 13.5. The number of sulfone groups is 1. The third-order valence-electron chi connectivity index (χ3n) is 3.95. The molecule has 10 heteroatoms. The van der Waals surface area contributed by atoms with E-state index in [0.717, 1.165) is 10.0 Å². The molecule has 0 aliphatic carbocycles. The van der Waals surface area contributed by atoms with Gasteiger partial charge in [-0.15, -0.1) is 0 Å². The van der Waals surface area contributed by atoms with Gasteiger partial charge in [-0.2, -0.15) is 4.98 Å². The Morgan fingerprint density at radius 1 is 1.17 bits per heavy atom. The van der Waals surface area contributed by atoms with Crippen LogP contribution in [-0.4, -0.2) is 24.5 Å². The van der Waals surface area contributed by atoms with E-state index in [-0.39, 0.29) is 35.4 Å². The van der Waals surface area contributed by atoms with Crippen molar-refractivity contribution >= 4 is 43.3 Å². The largest absolute Gasteiger partial charge is 0.352 e. The van der Waals surface area contributed by atoms with E-state index < -0.39 is 15.6 Å². The Morgan fingerprint density at radius 2 is 1.93 bits per heavy atom. The smallest absolute Gasteiger partial charge is 0.227 e. The monoisotopic (exact) mass is 497 g/mol. The second kappa shape index (κ2) is 9.51. The van der Waals surface area contributed by atoms with E-state index in [4.69, 9.17) is 16.1 Å². The number of nitrogens with one attached hydrogen (secondary N) is 1. The molecule has 1 N–H and O–H groups in total. The molecule has 0 fully saturated rings. The Bertz CT molecular complexity index is 1100. The summed E-state index contributed by atoms with van der Waals surface area (Å²) in [4.78, 5) is 16.2. The fourth-order valence-electron chi connectivity index (χ4n) is 2.50. The van der Waals surface area contributed by atoms with Crippen molar-refractivity contribution in [3.63, 3.8) is 0 Å². The molecule has 0 spiro atoms. The van der Waals surface area contributed by atoms with E-state index >= 15 is 0 Å². The van der Waals surface area contributed by atoms with Crippen LogP contribution >= 0.6 is 27.5 Å². The van der Waals surface area contributed by atoms with Gasteiger partial charge in [0.1, 0.15) is 5.75 Å². The number of nitrogens with zero attached hydrogens (tertiary/aromatic N) is 2. The molecule has 1 aromatic heterocycles. The molecule has 1 heterocycles. The molecule has 0 saturated carbocycles. The molecule has 0 radical (unpaired) electrons.